The maximum absolute atomic E-state index is 12.3. The summed E-state index contributed by atoms with van der Waals surface area (Å²) in [6, 6.07) is 9.55. The lowest BCUT2D eigenvalue weighted by atomic mass is 10.2. The molecule has 0 unspecified atom stereocenters. The number of rotatable bonds is 7. The number of halogens is 1. The number of ether oxygens (including phenoxy) is 2. The highest BCUT2D eigenvalue weighted by molar-refractivity contribution is 7.91. The fraction of sp³-hybridized carbons (Fsp3) is 0.278. The Morgan fingerprint density at radius 2 is 1.69 bits per heavy atom. The molecule has 2 aromatic rings. The van der Waals surface area contributed by atoms with Gasteiger partial charge in [-0.1, -0.05) is 29.3 Å². The number of aryl methyl sites for hydroxylation is 1. The van der Waals surface area contributed by atoms with Gasteiger partial charge in [-0.25, -0.2) is 8.42 Å². The Morgan fingerprint density at radius 3 is 2.27 bits per heavy atom. The summed E-state index contributed by atoms with van der Waals surface area (Å²) in [5.41, 5.74) is 1.31. The molecule has 0 radical (unpaired) electrons. The van der Waals surface area contributed by atoms with E-state index in [4.69, 9.17) is 21.1 Å². The predicted molar refractivity (Wildman–Crippen MR) is 101 cm³/mol. The molecule has 0 aromatic heterocycles. The molecule has 2 aromatic carbocycles. The number of methoxy groups -OCH3 is 2. The van der Waals surface area contributed by atoms with Crippen LogP contribution in [0.1, 0.15) is 12.0 Å². The highest BCUT2D eigenvalue weighted by Gasteiger charge is 2.18. The SMILES string of the molecule is COc1cc(OC)c(NC(=O)CCS(=O)(=O)c2ccc(C)cc2)cc1Cl. The standard InChI is InChI=1S/C18H20ClNO5S/c1-12-4-6-13(7-5-12)26(22,23)9-8-18(21)20-15-10-14(19)16(24-2)11-17(15)25-3/h4-7,10-11H,8-9H2,1-3H3,(H,20,21). The summed E-state index contributed by atoms with van der Waals surface area (Å²) in [5, 5.41) is 2.92. The Hall–Kier alpha value is -2.25. The molecule has 0 bridgehead atoms. The van der Waals surface area contributed by atoms with Crippen LogP contribution in [0.3, 0.4) is 0 Å². The Morgan fingerprint density at radius 1 is 1.08 bits per heavy atom. The van der Waals surface area contributed by atoms with E-state index in [9.17, 15) is 13.2 Å². The molecule has 0 saturated carbocycles. The van der Waals surface area contributed by atoms with Gasteiger partial charge in [-0.2, -0.15) is 0 Å². The second-order valence-electron chi connectivity index (χ2n) is 5.62. The summed E-state index contributed by atoms with van der Waals surface area (Å²) >= 11 is 6.06. The second-order valence-corrected chi connectivity index (χ2v) is 8.13. The smallest absolute Gasteiger partial charge is 0.225 e. The van der Waals surface area contributed by atoms with Crippen molar-refractivity contribution in [1.82, 2.24) is 0 Å². The summed E-state index contributed by atoms with van der Waals surface area (Å²) in [6.45, 7) is 1.87. The molecule has 1 amide bonds. The number of hydrogen-bond acceptors (Lipinski definition) is 5. The number of carbonyl (C=O) groups is 1. The average Bonchev–Trinajstić information content (AvgIpc) is 2.61. The third-order valence-electron chi connectivity index (χ3n) is 3.73. The lowest BCUT2D eigenvalue weighted by molar-refractivity contribution is -0.115. The van der Waals surface area contributed by atoms with E-state index in [-0.39, 0.29) is 17.1 Å². The molecule has 0 saturated heterocycles. The molecule has 0 spiro atoms. The van der Waals surface area contributed by atoms with Gasteiger partial charge in [0.15, 0.2) is 9.84 Å². The first-order valence-electron chi connectivity index (χ1n) is 7.77. The van der Waals surface area contributed by atoms with Gasteiger partial charge in [0.1, 0.15) is 11.5 Å². The average molecular weight is 398 g/mol. The van der Waals surface area contributed by atoms with E-state index in [0.717, 1.165) is 5.56 Å². The summed E-state index contributed by atoms with van der Waals surface area (Å²) in [4.78, 5) is 12.4. The molecule has 0 aliphatic carbocycles. The van der Waals surface area contributed by atoms with E-state index >= 15 is 0 Å². The molecular weight excluding hydrogens is 378 g/mol. The number of carbonyl (C=O) groups excluding carboxylic acids is 1. The molecule has 0 atom stereocenters. The van der Waals surface area contributed by atoms with Crippen molar-refractivity contribution in [1.29, 1.82) is 0 Å². The zero-order valence-electron chi connectivity index (χ0n) is 14.7. The minimum Gasteiger partial charge on any atom is -0.495 e. The zero-order chi connectivity index (χ0) is 19.3. The van der Waals surface area contributed by atoms with Crippen molar-refractivity contribution in [3.63, 3.8) is 0 Å². The minimum atomic E-state index is -3.54. The van der Waals surface area contributed by atoms with E-state index in [1.54, 1.807) is 18.2 Å². The van der Waals surface area contributed by atoms with Crippen molar-refractivity contribution in [3.05, 3.63) is 47.0 Å². The monoisotopic (exact) mass is 397 g/mol. The molecule has 0 aliphatic rings. The van der Waals surface area contributed by atoms with Crippen LogP contribution in [0.15, 0.2) is 41.3 Å². The quantitative estimate of drug-likeness (QED) is 0.773. The zero-order valence-corrected chi connectivity index (χ0v) is 16.3. The predicted octanol–water partition coefficient (Wildman–Crippen LogP) is 3.47. The van der Waals surface area contributed by atoms with Crippen LogP contribution in [0, 0.1) is 6.92 Å². The first-order chi connectivity index (χ1) is 12.3. The van der Waals surface area contributed by atoms with E-state index < -0.39 is 15.7 Å². The second kappa shape index (κ2) is 8.42. The van der Waals surface area contributed by atoms with Crippen LogP contribution >= 0.6 is 11.6 Å². The third-order valence-corrected chi connectivity index (χ3v) is 5.75. The van der Waals surface area contributed by atoms with E-state index in [2.05, 4.69) is 5.32 Å². The van der Waals surface area contributed by atoms with Crippen LogP contribution in [-0.2, 0) is 14.6 Å². The van der Waals surface area contributed by atoms with Gasteiger partial charge in [-0.05, 0) is 25.1 Å². The number of anilines is 1. The molecule has 0 fully saturated rings. The van der Waals surface area contributed by atoms with Gasteiger partial charge in [0.2, 0.25) is 5.91 Å². The summed E-state index contributed by atoms with van der Waals surface area (Å²) in [6.07, 6.45) is -0.191. The van der Waals surface area contributed by atoms with Gasteiger partial charge < -0.3 is 14.8 Å². The van der Waals surface area contributed by atoms with E-state index in [1.807, 2.05) is 6.92 Å². The van der Waals surface area contributed by atoms with Crippen LogP contribution in [0.5, 0.6) is 11.5 Å². The molecule has 6 nitrogen and oxygen atoms in total. The van der Waals surface area contributed by atoms with Crippen LogP contribution in [0.25, 0.3) is 0 Å². The van der Waals surface area contributed by atoms with Gasteiger partial charge in [0.25, 0.3) is 0 Å². The van der Waals surface area contributed by atoms with Crippen molar-refractivity contribution < 1.29 is 22.7 Å². The first kappa shape index (κ1) is 20.1. The van der Waals surface area contributed by atoms with Gasteiger partial charge in [0.05, 0.1) is 35.6 Å². The number of amides is 1. The maximum Gasteiger partial charge on any atom is 0.225 e. The third kappa shape index (κ3) is 4.89. The fourth-order valence-electron chi connectivity index (χ4n) is 2.26. The van der Waals surface area contributed by atoms with Crippen molar-refractivity contribution in [3.8, 4) is 11.5 Å². The Labute approximate surface area is 158 Å². The van der Waals surface area contributed by atoms with Crippen molar-refractivity contribution >= 4 is 33.0 Å². The number of sulfone groups is 1. The molecule has 0 heterocycles. The first-order valence-corrected chi connectivity index (χ1v) is 9.80. The van der Waals surface area contributed by atoms with Gasteiger partial charge in [-0.15, -0.1) is 0 Å². The maximum atomic E-state index is 12.3. The van der Waals surface area contributed by atoms with Crippen LogP contribution in [0.2, 0.25) is 5.02 Å². The van der Waals surface area contributed by atoms with Crippen molar-refractivity contribution in [2.45, 2.75) is 18.2 Å². The molecule has 26 heavy (non-hydrogen) atoms. The van der Waals surface area contributed by atoms with Crippen LogP contribution in [-0.4, -0.2) is 34.3 Å². The molecular formula is C18H20ClNO5S. The Kier molecular flexibility index (Phi) is 6.50. The number of benzene rings is 2. The number of nitrogens with one attached hydrogen (secondary N) is 1. The largest absolute Gasteiger partial charge is 0.495 e. The van der Waals surface area contributed by atoms with Crippen molar-refractivity contribution in [2.24, 2.45) is 0 Å². The van der Waals surface area contributed by atoms with Gasteiger partial charge >= 0.3 is 0 Å². The van der Waals surface area contributed by atoms with E-state index in [0.29, 0.717) is 22.2 Å². The molecule has 1 N–H and O–H groups in total. The van der Waals surface area contributed by atoms with Crippen LogP contribution in [0.4, 0.5) is 5.69 Å². The summed E-state index contributed by atoms with van der Waals surface area (Å²) in [7, 11) is -0.625. The van der Waals surface area contributed by atoms with Crippen LogP contribution < -0.4 is 14.8 Å². The molecule has 0 aliphatic heterocycles. The lowest BCUT2D eigenvalue weighted by Gasteiger charge is -2.13. The Balaban J connectivity index is 2.07. The molecule has 140 valence electrons. The summed E-state index contributed by atoms with van der Waals surface area (Å²) < 4.78 is 34.9. The van der Waals surface area contributed by atoms with Gasteiger partial charge in [0, 0.05) is 12.5 Å². The topological polar surface area (TPSA) is 81.7 Å². The highest BCUT2D eigenvalue weighted by Crippen LogP contribution is 2.35. The number of hydrogen-bond donors (Lipinski definition) is 1. The minimum absolute atomic E-state index is 0.191. The Bertz CT molecular complexity index is 895. The van der Waals surface area contributed by atoms with Crippen molar-refractivity contribution in [2.75, 3.05) is 25.3 Å². The van der Waals surface area contributed by atoms with E-state index in [1.165, 1.54) is 32.4 Å². The molecule has 8 heteroatoms. The summed E-state index contributed by atoms with van der Waals surface area (Å²) in [5.74, 6) is 0.0124. The lowest BCUT2D eigenvalue weighted by Crippen LogP contribution is -2.18. The highest BCUT2D eigenvalue weighted by atomic mass is 35.5. The normalized spacial score (nSPS) is 11.1. The molecule has 2 rings (SSSR count). The fourth-order valence-corrected chi connectivity index (χ4v) is 3.74. The van der Waals surface area contributed by atoms with Gasteiger partial charge in [-0.3, -0.25) is 4.79 Å².